The van der Waals surface area contributed by atoms with Crippen LogP contribution < -0.4 is 5.32 Å². The lowest BCUT2D eigenvalue weighted by atomic mass is 9.90. The summed E-state index contributed by atoms with van der Waals surface area (Å²) in [6.45, 7) is 8.14. The van der Waals surface area contributed by atoms with Gasteiger partial charge in [-0.25, -0.2) is 0 Å². The molecule has 3 atom stereocenters. The summed E-state index contributed by atoms with van der Waals surface area (Å²) >= 11 is 2.13. The van der Waals surface area contributed by atoms with E-state index in [4.69, 9.17) is 0 Å². The molecule has 0 aliphatic carbocycles. The van der Waals surface area contributed by atoms with Crippen LogP contribution in [0.1, 0.15) is 40.0 Å². The van der Waals surface area contributed by atoms with Gasteiger partial charge in [0.05, 0.1) is 0 Å². The van der Waals surface area contributed by atoms with E-state index in [-0.39, 0.29) is 0 Å². The van der Waals surface area contributed by atoms with Crippen molar-refractivity contribution in [2.75, 3.05) is 18.1 Å². The third-order valence-corrected chi connectivity index (χ3v) is 4.52. The molecular formula is C12H25NS. The minimum atomic E-state index is 0.800. The summed E-state index contributed by atoms with van der Waals surface area (Å²) in [4.78, 5) is 0. The van der Waals surface area contributed by atoms with Gasteiger partial charge in [0, 0.05) is 11.8 Å². The van der Waals surface area contributed by atoms with Crippen molar-refractivity contribution in [3.63, 3.8) is 0 Å². The van der Waals surface area contributed by atoms with Gasteiger partial charge < -0.3 is 5.32 Å². The summed E-state index contributed by atoms with van der Waals surface area (Å²) < 4.78 is 0. The largest absolute Gasteiger partial charge is 0.313 e. The normalized spacial score (nSPS) is 29.4. The molecule has 14 heavy (non-hydrogen) atoms. The van der Waals surface area contributed by atoms with Gasteiger partial charge in [-0.2, -0.15) is 11.8 Å². The first-order chi connectivity index (χ1) is 6.77. The minimum absolute atomic E-state index is 0.800. The molecule has 3 unspecified atom stereocenters. The first-order valence-electron chi connectivity index (χ1n) is 6.09. The van der Waals surface area contributed by atoms with E-state index in [9.17, 15) is 0 Å². The van der Waals surface area contributed by atoms with Gasteiger partial charge >= 0.3 is 0 Å². The number of rotatable bonds is 6. The highest BCUT2D eigenvalue weighted by Gasteiger charge is 2.27. The standard InChI is InChI=1S/C12H25NS/c1-4-6-13-12-9-14-8-11(12)7-10(3)5-2/h10-13H,4-9H2,1-3H3. The monoisotopic (exact) mass is 215 g/mol. The predicted octanol–water partition coefficient (Wildman–Crippen LogP) is 3.15. The van der Waals surface area contributed by atoms with E-state index in [1.54, 1.807) is 0 Å². The van der Waals surface area contributed by atoms with Crippen LogP contribution in [-0.2, 0) is 0 Å². The highest BCUT2D eigenvalue weighted by Crippen LogP contribution is 2.30. The van der Waals surface area contributed by atoms with Gasteiger partial charge in [0.25, 0.3) is 0 Å². The third kappa shape index (κ3) is 3.82. The van der Waals surface area contributed by atoms with Gasteiger partial charge in [-0.3, -0.25) is 0 Å². The maximum absolute atomic E-state index is 3.69. The molecule has 2 heteroatoms. The highest BCUT2D eigenvalue weighted by atomic mass is 32.2. The molecule has 0 amide bonds. The zero-order chi connectivity index (χ0) is 10.4. The molecule has 1 rings (SSSR count). The van der Waals surface area contributed by atoms with E-state index in [0.717, 1.165) is 17.9 Å². The molecule has 0 bridgehead atoms. The second-order valence-electron chi connectivity index (χ2n) is 4.61. The summed E-state index contributed by atoms with van der Waals surface area (Å²) in [6.07, 6.45) is 4.02. The van der Waals surface area contributed by atoms with Crippen molar-refractivity contribution in [2.45, 2.75) is 46.1 Å². The highest BCUT2D eigenvalue weighted by molar-refractivity contribution is 7.99. The van der Waals surface area contributed by atoms with Crippen LogP contribution in [0, 0.1) is 11.8 Å². The molecule has 0 spiro atoms. The minimum Gasteiger partial charge on any atom is -0.313 e. The van der Waals surface area contributed by atoms with E-state index in [0.29, 0.717) is 0 Å². The van der Waals surface area contributed by atoms with Crippen molar-refractivity contribution in [3.8, 4) is 0 Å². The summed E-state index contributed by atoms with van der Waals surface area (Å²) in [5.74, 6) is 4.55. The van der Waals surface area contributed by atoms with Gasteiger partial charge in [-0.15, -0.1) is 0 Å². The Morgan fingerprint density at radius 2 is 2.14 bits per heavy atom. The lowest BCUT2D eigenvalue weighted by molar-refractivity contribution is 0.344. The predicted molar refractivity (Wildman–Crippen MR) is 67.0 cm³/mol. The van der Waals surface area contributed by atoms with Gasteiger partial charge in [0.2, 0.25) is 0 Å². The van der Waals surface area contributed by atoms with Crippen LogP contribution in [-0.4, -0.2) is 24.1 Å². The average molecular weight is 215 g/mol. The van der Waals surface area contributed by atoms with Gasteiger partial charge in [0.15, 0.2) is 0 Å². The smallest absolute Gasteiger partial charge is 0.0194 e. The summed E-state index contributed by atoms with van der Waals surface area (Å²) in [6, 6.07) is 0.800. The molecule has 0 aromatic rings. The Kier molecular flexibility index (Phi) is 5.95. The Labute approximate surface area is 93.4 Å². The Bertz CT molecular complexity index is 149. The molecule has 1 aliphatic rings. The molecule has 1 fully saturated rings. The van der Waals surface area contributed by atoms with Crippen molar-refractivity contribution in [1.82, 2.24) is 5.32 Å². The molecule has 0 radical (unpaired) electrons. The number of nitrogens with one attached hydrogen (secondary N) is 1. The number of hydrogen-bond donors (Lipinski definition) is 1. The van der Waals surface area contributed by atoms with Gasteiger partial charge in [0.1, 0.15) is 0 Å². The molecule has 1 heterocycles. The summed E-state index contributed by atoms with van der Waals surface area (Å²) in [5.41, 5.74) is 0. The zero-order valence-corrected chi connectivity index (χ0v) is 10.7. The quantitative estimate of drug-likeness (QED) is 0.730. The Morgan fingerprint density at radius 3 is 2.79 bits per heavy atom. The average Bonchev–Trinajstić information content (AvgIpc) is 2.62. The van der Waals surface area contributed by atoms with Crippen LogP contribution in [0.4, 0.5) is 0 Å². The summed E-state index contributed by atoms with van der Waals surface area (Å²) in [5, 5.41) is 3.69. The van der Waals surface area contributed by atoms with Crippen LogP contribution >= 0.6 is 11.8 Å². The third-order valence-electron chi connectivity index (χ3n) is 3.26. The van der Waals surface area contributed by atoms with Gasteiger partial charge in [-0.1, -0.05) is 27.2 Å². The fourth-order valence-corrected chi connectivity index (χ4v) is 3.52. The van der Waals surface area contributed by atoms with Crippen molar-refractivity contribution in [2.24, 2.45) is 11.8 Å². The molecule has 0 saturated carbocycles. The lowest BCUT2D eigenvalue weighted by Gasteiger charge is -2.22. The first-order valence-corrected chi connectivity index (χ1v) is 7.24. The molecule has 84 valence electrons. The molecule has 0 aromatic heterocycles. The fourth-order valence-electron chi connectivity index (χ4n) is 2.07. The number of hydrogen-bond acceptors (Lipinski definition) is 2. The second kappa shape index (κ2) is 6.73. The van der Waals surface area contributed by atoms with Crippen molar-refractivity contribution >= 4 is 11.8 Å². The molecule has 1 N–H and O–H groups in total. The van der Waals surface area contributed by atoms with E-state index >= 15 is 0 Å². The molecule has 1 aliphatic heterocycles. The maximum Gasteiger partial charge on any atom is 0.0194 e. The fraction of sp³-hybridized carbons (Fsp3) is 1.00. The van der Waals surface area contributed by atoms with Crippen LogP contribution in [0.2, 0.25) is 0 Å². The number of thioether (sulfide) groups is 1. The van der Waals surface area contributed by atoms with Gasteiger partial charge in [-0.05, 0) is 37.0 Å². The molecular weight excluding hydrogens is 190 g/mol. The van der Waals surface area contributed by atoms with Crippen LogP contribution in [0.5, 0.6) is 0 Å². The van der Waals surface area contributed by atoms with Crippen LogP contribution in [0.3, 0.4) is 0 Å². The van der Waals surface area contributed by atoms with E-state index < -0.39 is 0 Å². The lowest BCUT2D eigenvalue weighted by Crippen LogP contribution is -2.36. The topological polar surface area (TPSA) is 12.0 Å². The Balaban J connectivity index is 2.27. The van der Waals surface area contributed by atoms with Crippen LogP contribution in [0.25, 0.3) is 0 Å². The molecule has 1 nitrogen and oxygen atoms in total. The maximum atomic E-state index is 3.69. The second-order valence-corrected chi connectivity index (χ2v) is 5.68. The zero-order valence-electron chi connectivity index (χ0n) is 9.88. The summed E-state index contributed by atoms with van der Waals surface area (Å²) in [7, 11) is 0. The van der Waals surface area contributed by atoms with Crippen molar-refractivity contribution < 1.29 is 0 Å². The Morgan fingerprint density at radius 1 is 1.36 bits per heavy atom. The SMILES string of the molecule is CCCNC1CSCC1CC(C)CC. The van der Waals surface area contributed by atoms with Crippen LogP contribution in [0.15, 0.2) is 0 Å². The van der Waals surface area contributed by atoms with E-state index in [1.807, 2.05) is 0 Å². The van der Waals surface area contributed by atoms with E-state index in [1.165, 1.54) is 37.3 Å². The van der Waals surface area contributed by atoms with Crippen molar-refractivity contribution in [3.05, 3.63) is 0 Å². The molecule has 0 aromatic carbocycles. The molecule has 1 saturated heterocycles. The van der Waals surface area contributed by atoms with Crippen molar-refractivity contribution in [1.29, 1.82) is 0 Å². The first kappa shape index (κ1) is 12.4. The Hall–Kier alpha value is 0.310. The van der Waals surface area contributed by atoms with E-state index in [2.05, 4.69) is 37.8 Å².